The van der Waals surface area contributed by atoms with Crippen molar-refractivity contribution in [2.75, 3.05) is 12.3 Å². The van der Waals surface area contributed by atoms with Crippen LogP contribution in [0.3, 0.4) is 0 Å². The number of fused-ring (bicyclic) bond motifs is 1. The van der Waals surface area contributed by atoms with Crippen LogP contribution in [0.4, 0.5) is 18.9 Å². The van der Waals surface area contributed by atoms with Gasteiger partial charge in [-0.25, -0.2) is 0 Å². The summed E-state index contributed by atoms with van der Waals surface area (Å²) in [6.45, 7) is 0.598. The van der Waals surface area contributed by atoms with Gasteiger partial charge in [-0.05, 0) is 37.0 Å². The van der Waals surface area contributed by atoms with Crippen LogP contribution in [-0.2, 0) is 6.18 Å². The molecule has 0 aliphatic heterocycles. The van der Waals surface area contributed by atoms with E-state index in [9.17, 15) is 18.0 Å². The van der Waals surface area contributed by atoms with Gasteiger partial charge in [0.1, 0.15) is 4.88 Å². The molecule has 1 aromatic heterocycles. The van der Waals surface area contributed by atoms with Gasteiger partial charge in [0.25, 0.3) is 5.91 Å². The first-order valence-electron chi connectivity index (χ1n) is 6.53. The van der Waals surface area contributed by atoms with E-state index in [1.165, 1.54) is 6.07 Å². The number of alkyl halides is 3. The summed E-state index contributed by atoms with van der Waals surface area (Å²) in [7, 11) is 0. The second-order valence-corrected chi connectivity index (χ2v) is 6.26. The number of benzene rings is 1. The van der Waals surface area contributed by atoms with Crippen molar-refractivity contribution in [3.05, 3.63) is 28.6 Å². The first-order chi connectivity index (χ1) is 9.86. The minimum Gasteiger partial charge on any atom is -0.397 e. The second kappa shape index (κ2) is 4.91. The lowest BCUT2D eigenvalue weighted by Crippen LogP contribution is -2.25. The standard InChI is InChI=1S/C14H13F3N2OS/c15-14(16,17)8-3-4-10-9(5-8)11(18)12(21-10)13(20)19-6-7-1-2-7/h3-5,7H,1-2,6,18H2,(H,19,20). The van der Waals surface area contributed by atoms with Gasteiger partial charge in [-0.1, -0.05) is 0 Å². The first kappa shape index (κ1) is 14.2. The van der Waals surface area contributed by atoms with Gasteiger partial charge in [0, 0.05) is 16.6 Å². The molecule has 21 heavy (non-hydrogen) atoms. The van der Waals surface area contributed by atoms with Crippen LogP contribution in [0.5, 0.6) is 0 Å². The number of nitrogen functional groups attached to an aromatic ring is 1. The van der Waals surface area contributed by atoms with Gasteiger partial charge in [-0.2, -0.15) is 13.2 Å². The van der Waals surface area contributed by atoms with Crippen molar-refractivity contribution in [2.24, 2.45) is 5.92 Å². The maximum absolute atomic E-state index is 12.7. The summed E-state index contributed by atoms with van der Waals surface area (Å²) in [5, 5.41) is 3.06. The van der Waals surface area contributed by atoms with Crippen LogP contribution in [0, 0.1) is 5.92 Å². The zero-order valence-corrected chi connectivity index (χ0v) is 11.8. The van der Waals surface area contributed by atoms with Gasteiger partial charge in [-0.15, -0.1) is 11.3 Å². The van der Waals surface area contributed by atoms with Crippen molar-refractivity contribution >= 4 is 33.0 Å². The highest BCUT2D eigenvalue weighted by Gasteiger charge is 2.31. The van der Waals surface area contributed by atoms with E-state index < -0.39 is 11.7 Å². The summed E-state index contributed by atoms with van der Waals surface area (Å²) in [6.07, 6.45) is -2.20. The van der Waals surface area contributed by atoms with Crippen molar-refractivity contribution in [2.45, 2.75) is 19.0 Å². The van der Waals surface area contributed by atoms with Crippen molar-refractivity contribution in [3.63, 3.8) is 0 Å². The fourth-order valence-corrected chi connectivity index (χ4v) is 3.12. The zero-order chi connectivity index (χ0) is 15.2. The van der Waals surface area contributed by atoms with Crippen LogP contribution in [0.15, 0.2) is 18.2 Å². The molecule has 1 fully saturated rings. The summed E-state index contributed by atoms with van der Waals surface area (Å²) < 4.78 is 38.7. The largest absolute Gasteiger partial charge is 0.416 e. The predicted molar refractivity (Wildman–Crippen MR) is 76.3 cm³/mol. The van der Waals surface area contributed by atoms with Gasteiger partial charge in [0.15, 0.2) is 0 Å². The second-order valence-electron chi connectivity index (χ2n) is 5.21. The molecule has 0 unspecified atom stereocenters. The summed E-state index contributed by atoms with van der Waals surface area (Å²) in [5.74, 6) is 0.218. The molecule has 0 radical (unpaired) electrons. The Balaban J connectivity index is 1.93. The number of nitrogens with one attached hydrogen (secondary N) is 1. The van der Waals surface area contributed by atoms with Crippen LogP contribution in [0.1, 0.15) is 28.1 Å². The number of carbonyl (C=O) groups excluding carboxylic acids is 1. The lowest BCUT2D eigenvalue weighted by atomic mass is 10.1. The number of hydrogen-bond acceptors (Lipinski definition) is 3. The number of nitrogens with two attached hydrogens (primary N) is 1. The molecule has 0 atom stereocenters. The summed E-state index contributed by atoms with van der Waals surface area (Å²) in [6, 6.07) is 3.36. The van der Waals surface area contributed by atoms with Crippen molar-refractivity contribution in [3.8, 4) is 0 Å². The maximum Gasteiger partial charge on any atom is 0.416 e. The van der Waals surface area contributed by atoms with Crippen LogP contribution in [0.2, 0.25) is 0 Å². The number of halogens is 3. The van der Waals surface area contributed by atoms with Crippen LogP contribution in [0.25, 0.3) is 10.1 Å². The highest BCUT2D eigenvalue weighted by Crippen LogP contribution is 2.38. The van der Waals surface area contributed by atoms with E-state index in [4.69, 9.17) is 5.73 Å². The first-order valence-corrected chi connectivity index (χ1v) is 7.35. The molecule has 1 aromatic carbocycles. The highest BCUT2D eigenvalue weighted by atomic mass is 32.1. The molecular formula is C14H13F3N2OS. The molecule has 0 saturated heterocycles. The van der Waals surface area contributed by atoms with Gasteiger partial charge in [-0.3, -0.25) is 4.79 Å². The average Bonchev–Trinajstić information content (AvgIpc) is 3.19. The molecule has 1 heterocycles. The molecule has 3 nitrogen and oxygen atoms in total. The Morgan fingerprint density at radius 1 is 1.38 bits per heavy atom. The van der Waals surface area contributed by atoms with E-state index in [1.807, 2.05) is 0 Å². The Hall–Kier alpha value is -1.76. The Morgan fingerprint density at radius 3 is 2.71 bits per heavy atom. The Labute approximate surface area is 122 Å². The quantitative estimate of drug-likeness (QED) is 0.908. The molecule has 7 heteroatoms. The van der Waals surface area contributed by atoms with Crippen molar-refractivity contribution < 1.29 is 18.0 Å². The van der Waals surface area contributed by atoms with Crippen molar-refractivity contribution in [1.82, 2.24) is 5.32 Å². The van der Waals surface area contributed by atoms with Gasteiger partial charge >= 0.3 is 6.18 Å². The maximum atomic E-state index is 12.7. The summed E-state index contributed by atoms with van der Waals surface area (Å²) >= 11 is 1.12. The fraction of sp³-hybridized carbons (Fsp3) is 0.357. The number of anilines is 1. The molecule has 1 saturated carbocycles. The Kier molecular flexibility index (Phi) is 3.32. The Bertz CT molecular complexity index is 704. The third-order valence-corrected chi connectivity index (χ3v) is 4.69. The number of rotatable bonds is 3. The third kappa shape index (κ3) is 2.83. The summed E-state index contributed by atoms with van der Waals surface area (Å²) in [5.41, 5.74) is 5.22. The van der Waals surface area contributed by atoms with E-state index >= 15 is 0 Å². The molecule has 0 spiro atoms. The van der Waals surface area contributed by atoms with E-state index in [1.54, 1.807) is 0 Å². The van der Waals surface area contributed by atoms with E-state index in [-0.39, 0.29) is 21.9 Å². The zero-order valence-electron chi connectivity index (χ0n) is 11.0. The highest BCUT2D eigenvalue weighted by molar-refractivity contribution is 7.21. The number of thiophene rings is 1. The normalized spacial score (nSPS) is 15.4. The topological polar surface area (TPSA) is 55.1 Å². The summed E-state index contributed by atoms with van der Waals surface area (Å²) in [4.78, 5) is 12.3. The van der Waals surface area contributed by atoms with Crippen molar-refractivity contribution in [1.29, 1.82) is 0 Å². The molecule has 1 aliphatic carbocycles. The van der Waals surface area contributed by atoms with Crippen LogP contribution >= 0.6 is 11.3 Å². The minimum absolute atomic E-state index is 0.120. The van der Waals surface area contributed by atoms with E-state index in [0.717, 1.165) is 36.3 Å². The van der Waals surface area contributed by atoms with E-state index in [0.29, 0.717) is 17.2 Å². The smallest absolute Gasteiger partial charge is 0.397 e. The molecule has 1 aliphatic rings. The fourth-order valence-electron chi connectivity index (χ4n) is 2.10. The Morgan fingerprint density at radius 2 is 2.10 bits per heavy atom. The SMILES string of the molecule is Nc1c(C(=O)NCC2CC2)sc2ccc(C(F)(F)F)cc12. The molecule has 0 bridgehead atoms. The van der Waals surface area contributed by atoms with E-state index in [2.05, 4.69) is 5.32 Å². The minimum atomic E-state index is -4.42. The lowest BCUT2D eigenvalue weighted by molar-refractivity contribution is -0.137. The molecule has 3 rings (SSSR count). The monoisotopic (exact) mass is 314 g/mol. The molecule has 1 amide bonds. The molecular weight excluding hydrogens is 301 g/mol. The van der Waals surface area contributed by atoms with Gasteiger partial charge in [0.05, 0.1) is 11.3 Å². The third-order valence-electron chi connectivity index (χ3n) is 3.51. The number of amides is 1. The average molecular weight is 314 g/mol. The van der Waals surface area contributed by atoms with Crippen LogP contribution in [-0.4, -0.2) is 12.5 Å². The molecule has 2 aromatic rings. The molecule has 3 N–H and O–H groups in total. The van der Waals surface area contributed by atoms with Crippen LogP contribution < -0.4 is 11.1 Å². The van der Waals surface area contributed by atoms with Gasteiger partial charge < -0.3 is 11.1 Å². The molecule has 112 valence electrons. The number of hydrogen-bond donors (Lipinski definition) is 2. The van der Waals surface area contributed by atoms with Gasteiger partial charge in [0.2, 0.25) is 0 Å². The predicted octanol–water partition coefficient (Wildman–Crippen LogP) is 3.64. The lowest BCUT2D eigenvalue weighted by Gasteiger charge is -2.06. The number of carbonyl (C=O) groups is 1.